The lowest BCUT2D eigenvalue weighted by Crippen LogP contribution is -2.53. The van der Waals surface area contributed by atoms with Gasteiger partial charge in [0.1, 0.15) is 6.04 Å². The van der Waals surface area contributed by atoms with Crippen molar-refractivity contribution in [2.45, 2.75) is 25.8 Å². The zero-order chi connectivity index (χ0) is 24.2. The third-order valence-corrected chi connectivity index (χ3v) is 7.47. The Morgan fingerprint density at radius 3 is 2.41 bits per heavy atom. The summed E-state index contributed by atoms with van der Waals surface area (Å²) in [6.07, 6.45) is 4.40. The second kappa shape index (κ2) is 13.3. The number of aryl methyl sites for hydroxylation is 1. The van der Waals surface area contributed by atoms with Crippen LogP contribution in [0.4, 0.5) is 0 Å². The summed E-state index contributed by atoms with van der Waals surface area (Å²) in [6, 6.07) is 14.5. The highest BCUT2D eigenvalue weighted by molar-refractivity contribution is 6.00. The van der Waals surface area contributed by atoms with Crippen LogP contribution in [0.3, 0.4) is 0 Å². The van der Waals surface area contributed by atoms with Gasteiger partial charge in [0.25, 0.3) is 5.91 Å². The number of carbonyl (C=O) groups excluding carboxylic acids is 2. The van der Waals surface area contributed by atoms with E-state index in [2.05, 4.69) is 20.5 Å². The van der Waals surface area contributed by atoms with Crippen molar-refractivity contribution >= 4 is 47.5 Å². The van der Waals surface area contributed by atoms with Crippen molar-refractivity contribution in [2.24, 2.45) is 5.92 Å². The Morgan fingerprint density at radius 2 is 1.70 bits per heavy atom. The van der Waals surface area contributed by atoms with E-state index in [4.69, 9.17) is 0 Å². The van der Waals surface area contributed by atoms with Gasteiger partial charge in [-0.15, -0.1) is 24.8 Å². The molecule has 3 aromatic rings. The molecule has 2 saturated heterocycles. The fourth-order valence-electron chi connectivity index (χ4n) is 5.32. The molecule has 2 aliphatic heterocycles. The van der Waals surface area contributed by atoms with Crippen LogP contribution in [0.25, 0.3) is 10.9 Å². The average Bonchev–Trinajstić information content (AvgIpc) is 3.28. The number of piperidine rings is 1. The lowest BCUT2D eigenvalue weighted by atomic mass is 9.97. The first-order valence-electron chi connectivity index (χ1n) is 12.7. The number of benzene rings is 2. The van der Waals surface area contributed by atoms with E-state index in [0.29, 0.717) is 18.7 Å². The number of H-pyrrole nitrogens is 1. The molecule has 3 heterocycles. The van der Waals surface area contributed by atoms with Crippen LogP contribution in [-0.4, -0.2) is 72.4 Å². The topological polar surface area (TPSA) is 80.5 Å². The fourth-order valence-corrected chi connectivity index (χ4v) is 5.32. The Balaban J connectivity index is 0.00000190. The van der Waals surface area contributed by atoms with Gasteiger partial charge in [-0.25, -0.2) is 0 Å². The summed E-state index contributed by atoms with van der Waals surface area (Å²) in [4.78, 5) is 34.5. The second-order valence-electron chi connectivity index (χ2n) is 9.87. The van der Waals surface area contributed by atoms with E-state index in [1.54, 1.807) is 0 Å². The van der Waals surface area contributed by atoms with Crippen molar-refractivity contribution in [1.82, 2.24) is 25.4 Å². The number of carbonyl (C=O) groups is 2. The number of rotatable bonds is 6. The monoisotopic (exact) mass is 545 g/mol. The summed E-state index contributed by atoms with van der Waals surface area (Å²) in [6.45, 7) is 8.52. The highest BCUT2D eigenvalue weighted by Gasteiger charge is 2.31. The number of aromatic amines is 1. The lowest BCUT2D eigenvalue weighted by molar-refractivity contribution is -0.135. The number of nitrogens with zero attached hydrogens (tertiary/aromatic N) is 2. The largest absolute Gasteiger partial charge is 0.361 e. The predicted molar refractivity (Wildman–Crippen MR) is 153 cm³/mol. The van der Waals surface area contributed by atoms with E-state index in [0.717, 1.165) is 60.7 Å². The van der Waals surface area contributed by atoms with E-state index in [-0.39, 0.29) is 36.6 Å². The van der Waals surface area contributed by atoms with Crippen molar-refractivity contribution in [3.63, 3.8) is 0 Å². The number of aromatic nitrogens is 1. The van der Waals surface area contributed by atoms with Crippen LogP contribution in [0, 0.1) is 12.8 Å². The van der Waals surface area contributed by atoms with Gasteiger partial charge in [-0.2, -0.15) is 0 Å². The normalized spacial score (nSPS) is 17.5. The summed E-state index contributed by atoms with van der Waals surface area (Å²) in [5, 5.41) is 7.56. The summed E-state index contributed by atoms with van der Waals surface area (Å²) in [7, 11) is 0. The first-order chi connectivity index (χ1) is 17.1. The van der Waals surface area contributed by atoms with Crippen molar-refractivity contribution in [3.8, 4) is 0 Å². The molecule has 1 aromatic heterocycles. The van der Waals surface area contributed by atoms with Crippen LogP contribution < -0.4 is 10.6 Å². The van der Waals surface area contributed by atoms with E-state index in [1.165, 1.54) is 12.8 Å². The molecule has 37 heavy (non-hydrogen) atoms. The maximum Gasteiger partial charge on any atom is 0.252 e. The molecule has 7 nitrogen and oxygen atoms in total. The van der Waals surface area contributed by atoms with Gasteiger partial charge in [0, 0.05) is 55.4 Å². The van der Waals surface area contributed by atoms with Crippen molar-refractivity contribution < 1.29 is 9.59 Å². The molecule has 9 heteroatoms. The molecule has 2 amide bonds. The molecule has 2 aliphatic rings. The molecule has 0 spiro atoms. The maximum atomic E-state index is 13.7. The number of hydrogen-bond donors (Lipinski definition) is 3. The third kappa shape index (κ3) is 6.85. The summed E-state index contributed by atoms with van der Waals surface area (Å²) >= 11 is 0. The predicted octanol–water partition coefficient (Wildman–Crippen LogP) is 3.93. The lowest BCUT2D eigenvalue weighted by Gasteiger charge is -2.38. The van der Waals surface area contributed by atoms with Gasteiger partial charge in [0.2, 0.25) is 5.91 Å². The quantitative estimate of drug-likeness (QED) is 0.438. The van der Waals surface area contributed by atoms with Crippen LogP contribution in [0.15, 0.2) is 54.7 Å². The van der Waals surface area contributed by atoms with Gasteiger partial charge in [-0.05, 0) is 62.0 Å². The zero-order valence-corrected chi connectivity index (χ0v) is 22.9. The number of halogens is 2. The molecule has 200 valence electrons. The Hall–Kier alpha value is -2.58. The molecular weight excluding hydrogens is 509 g/mol. The minimum Gasteiger partial charge on any atom is -0.361 e. The van der Waals surface area contributed by atoms with Crippen LogP contribution in [0.5, 0.6) is 0 Å². The zero-order valence-electron chi connectivity index (χ0n) is 21.2. The molecule has 5 rings (SSSR count). The summed E-state index contributed by atoms with van der Waals surface area (Å²) < 4.78 is 0. The smallest absolute Gasteiger partial charge is 0.252 e. The van der Waals surface area contributed by atoms with Crippen molar-refractivity contribution in [1.29, 1.82) is 0 Å². The van der Waals surface area contributed by atoms with Crippen LogP contribution in [0.2, 0.25) is 0 Å². The molecular formula is C28H37Cl2N5O2. The first-order valence-corrected chi connectivity index (χ1v) is 12.7. The van der Waals surface area contributed by atoms with Crippen molar-refractivity contribution in [3.05, 3.63) is 71.4 Å². The minimum atomic E-state index is -0.708. The molecule has 0 saturated carbocycles. The number of piperazine rings is 1. The van der Waals surface area contributed by atoms with Crippen LogP contribution >= 0.6 is 24.8 Å². The SMILES string of the molecule is Cc1c[nH]c2cc(C(=O)N[C@@H](C(=O)N3CCN(CC4CCNCC4)CC3)c3ccccc3)ccc12.Cl.Cl. The third-order valence-electron chi connectivity index (χ3n) is 7.47. The van der Waals surface area contributed by atoms with Gasteiger partial charge in [-0.1, -0.05) is 36.4 Å². The van der Waals surface area contributed by atoms with E-state index in [1.807, 2.05) is 66.6 Å². The van der Waals surface area contributed by atoms with Gasteiger partial charge < -0.3 is 20.5 Å². The van der Waals surface area contributed by atoms with E-state index in [9.17, 15) is 9.59 Å². The number of fused-ring (bicyclic) bond motifs is 1. The van der Waals surface area contributed by atoms with E-state index < -0.39 is 6.04 Å². The Bertz CT molecular complexity index is 1170. The van der Waals surface area contributed by atoms with Gasteiger partial charge in [-0.3, -0.25) is 14.5 Å². The first kappa shape index (κ1) is 29.0. The second-order valence-corrected chi connectivity index (χ2v) is 9.87. The average molecular weight is 547 g/mol. The van der Waals surface area contributed by atoms with Crippen molar-refractivity contribution in [2.75, 3.05) is 45.8 Å². The van der Waals surface area contributed by atoms with Gasteiger partial charge >= 0.3 is 0 Å². The molecule has 0 bridgehead atoms. The Kier molecular flexibility index (Phi) is 10.4. The Labute approximate surface area is 231 Å². The van der Waals surface area contributed by atoms with Crippen LogP contribution in [-0.2, 0) is 4.79 Å². The molecule has 2 aromatic carbocycles. The molecule has 1 atom stereocenters. The standard InChI is InChI=1S/C28H35N5O2.2ClH/c1-20-18-30-25-17-23(7-8-24(20)25)27(34)31-26(22-5-3-2-4-6-22)28(35)33-15-13-32(14-16-33)19-21-9-11-29-12-10-21;;/h2-8,17-18,21,26,29-30H,9-16,19H2,1H3,(H,31,34);2*1H/t26-;;/m1../s1. The molecule has 0 unspecified atom stereocenters. The highest BCUT2D eigenvalue weighted by atomic mass is 35.5. The highest BCUT2D eigenvalue weighted by Crippen LogP contribution is 2.22. The summed E-state index contributed by atoms with van der Waals surface area (Å²) in [5.74, 6) is 0.462. The van der Waals surface area contributed by atoms with Crippen LogP contribution in [0.1, 0.15) is 40.4 Å². The molecule has 0 aliphatic carbocycles. The molecule has 3 N–H and O–H groups in total. The molecule has 2 fully saturated rings. The minimum absolute atomic E-state index is 0. The Morgan fingerprint density at radius 1 is 1.00 bits per heavy atom. The number of hydrogen-bond acceptors (Lipinski definition) is 4. The number of nitrogens with one attached hydrogen (secondary N) is 3. The number of amides is 2. The van der Waals surface area contributed by atoms with E-state index >= 15 is 0 Å². The molecule has 0 radical (unpaired) electrons. The summed E-state index contributed by atoms with van der Waals surface area (Å²) in [5.41, 5.74) is 3.41. The fraction of sp³-hybridized carbons (Fsp3) is 0.429. The maximum absolute atomic E-state index is 13.7. The van der Waals surface area contributed by atoms with Gasteiger partial charge in [0.05, 0.1) is 0 Å². The van der Waals surface area contributed by atoms with Gasteiger partial charge in [0.15, 0.2) is 0 Å².